The van der Waals surface area contributed by atoms with Crippen molar-refractivity contribution in [1.29, 1.82) is 0 Å². The number of hydrogen-bond donors (Lipinski definition) is 1. The summed E-state index contributed by atoms with van der Waals surface area (Å²) in [4.78, 5) is 50.0. The fourth-order valence-electron chi connectivity index (χ4n) is 8.32. The maximum absolute atomic E-state index is 15.1. The Balaban J connectivity index is 1.42. The van der Waals surface area contributed by atoms with Gasteiger partial charge >= 0.3 is 0 Å². The van der Waals surface area contributed by atoms with Crippen molar-refractivity contribution in [3.05, 3.63) is 133 Å². The number of carbonyl (C=O) groups excluding carboxylic acids is 3. The Kier molecular flexibility index (Phi) is 10.2. The van der Waals surface area contributed by atoms with Crippen LogP contribution in [-0.4, -0.2) is 79.3 Å². The van der Waals surface area contributed by atoms with Crippen LogP contribution in [-0.2, 0) is 33.9 Å². The van der Waals surface area contributed by atoms with Crippen LogP contribution in [0.1, 0.15) is 30.0 Å². The molecule has 0 radical (unpaired) electrons. The van der Waals surface area contributed by atoms with Gasteiger partial charge in [-0.05, 0) is 35.4 Å². The van der Waals surface area contributed by atoms with E-state index >= 15 is 9.59 Å². The van der Waals surface area contributed by atoms with Crippen LogP contribution in [0.25, 0.3) is 0 Å². The molecule has 0 aliphatic carbocycles. The molecule has 7 atom stereocenters. The zero-order chi connectivity index (χ0) is 33.8. The first-order valence-corrected chi connectivity index (χ1v) is 17.7. The first kappa shape index (κ1) is 33.7. The summed E-state index contributed by atoms with van der Waals surface area (Å²) in [6.45, 7) is 11.1. The lowest BCUT2D eigenvalue weighted by Crippen LogP contribution is -2.59. The van der Waals surface area contributed by atoms with E-state index in [1.165, 1.54) is 0 Å². The van der Waals surface area contributed by atoms with E-state index in [0.29, 0.717) is 32.6 Å². The molecule has 8 heteroatoms. The lowest BCUT2D eigenvalue weighted by molar-refractivity contribution is -0.147. The smallest absolute Gasteiger partial charge is 0.247 e. The van der Waals surface area contributed by atoms with Gasteiger partial charge in [0.05, 0.1) is 29.2 Å². The molecule has 6 rings (SSSR count). The number of nitrogens with zero attached hydrogens (tertiary/aromatic N) is 3. The minimum atomic E-state index is -0.843. The van der Waals surface area contributed by atoms with E-state index in [-0.39, 0.29) is 35.5 Å². The van der Waals surface area contributed by atoms with Crippen LogP contribution in [0, 0.1) is 17.8 Å². The average Bonchev–Trinajstić information content (AvgIpc) is 3.71. The molecule has 3 amide bonds. The lowest BCUT2D eigenvalue weighted by Gasteiger charge is -2.42. The fraction of sp³-hybridized carbons (Fsp3) is 0.375. The number of benzene rings is 3. The summed E-state index contributed by atoms with van der Waals surface area (Å²) in [6.07, 6.45) is 4.58. The Bertz CT molecular complexity index is 1620. The molecule has 3 heterocycles. The molecule has 1 spiro atoms. The van der Waals surface area contributed by atoms with E-state index in [0.717, 1.165) is 23.1 Å². The van der Waals surface area contributed by atoms with E-state index < -0.39 is 28.7 Å². The van der Waals surface area contributed by atoms with Crippen LogP contribution in [0.4, 0.5) is 0 Å². The van der Waals surface area contributed by atoms with Crippen LogP contribution >= 0.6 is 11.8 Å². The van der Waals surface area contributed by atoms with Crippen molar-refractivity contribution in [2.45, 2.75) is 54.9 Å². The largest absolute Gasteiger partial charge is 0.394 e. The molecule has 3 saturated heterocycles. The summed E-state index contributed by atoms with van der Waals surface area (Å²) in [5.74, 6) is -1.72. The summed E-state index contributed by atoms with van der Waals surface area (Å²) < 4.78 is -0.814. The van der Waals surface area contributed by atoms with Gasteiger partial charge in [0.1, 0.15) is 6.04 Å². The summed E-state index contributed by atoms with van der Waals surface area (Å²) in [5, 5.41) is 10.8. The standard InChI is InChI=1S/C40H45N3O4S/c1-4-21-41(25-30-17-11-7-12-18-30)37(45)34-33-23-28(3)40(48-33)35(34)38(46)43(32(27-44)24-29-15-9-6-10-16-29)36(40)39(47)42(22-5-2)26-31-19-13-8-14-20-31/h4-20,28,32-36,44H,1-2,21-27H2,3H3/t28?,32-,33+,34-,35+,36?,40?/m1/s1. The third-order valence-electron chi connectivity index (χ3n) is 10.4. The zero-order valence-corrected chi connectivity index (χ0v) is 28.4. The molecule has 1 N–H and O–H groups in total. The van der Waals surface area contributed by atoms with E-state index in [2.05, 4.69) is 20.1 Å². The van der Waals surface area contributed by atoms with Gasteiger partial charge < -0.3 is 19.8 Å². The van der Waals surface area contributed by atoms with E-state index in [1.54, 1.807) is 38.6 Å². The minimum Gasteiger partial charge on any atom is -0.394 e. The van der Waals surface area contributed by atoms with Crippen LogP contribution in [0.5, 0.6) is 0 Å². The SMILES string of the molecule is C=CCN(Cc1ccccc1)C(=O)C1N([C@@H](CO)Cc2ccccc2)C(=O)[C@@H]2[C@H](C(=O)N(CC=C)Cc3ccccc3)[C@@H]3CC(C)C12S3. The number of likely N-dealkylation sites (tertiary alicyclic amines) is 1. The van der Waals surface area contributed by atoms with Gasteiger partial charge in [-0.15, -0.1) is 24.9 Å². The predicted octanol–water partition coefficient (Wildman–Crippen LogP) is 5.36. The lowest BCUT2D eigenvalue weighted by atomic mass is 9.65. The van der Waals surface area contributed by atoms with Crippen LogP contribution in [0.3, 0.4) is 0 Å². The predicted molar refractivity (Wildman–Crippen MR) is 191 cm³/mol. The Hall–Kier alpha value is -4.14. The molecule has 3 fully saturated rings. The third kappa shape index (κ3) is 6.12. The molecule has 0 aromatic heterocycles. The highest BCUT2D eigenvalue weighted by atomic mass is 32.2. The zero-order valence-electron chi connectivity index (χ0n) is 27.6. The van der Waals surface area contributed by atoms with Crippen molar-refractivity contribution in [2.75, 3.05) is 19.7 Å². The first-order chi connectivity index (χ1) is 23.3. The molecule has 3 aromatic carbocycles. The van der Waals surface area contributed by atoms with Gasteiger partial charge in [-0.1, -0.05) is 110 Å². The fourth-order valence-corrected chi connectivity index (χ4v) is 10.7. The highest BCUT2D eigenvalue weighted by Crippen LogP contribution is 2.69. The van der Waals surface area contributed by atoms with Crippen LogP contribution < -0.4 is 0 Å². The van der Waals surface area contributed by atoms with Gasteiger partial charge in [-0.2, -0.15) is 0 Å². The molecule has 2 bridgehead atoms. The van der Waals surface area contributed by atoms with Gasteiger partial charge in [0.2, 0.25) is 17.7 Å². The number of rotatable bonds is 14. The molecule has 3 aromatic rings. The third-order valence-corrected chi connectivity index (χ3v) is 12.5. The highest BCUT2D eigenvalue weighted by molar-refractivity contribution is 8.02. The number of fused-ring (bicyclic) bond motifs is 1. The molecule has 3 aliphatic heterocycles. The van der Waals surface area contributed by atoms with Gasteiger partial charge in [0.15, 0.2) is 0 Å². The summed E-state index contributed by atoms with van der Waals surface area (Å²) in [6, 6.07) is 28.0. The van der Waals surface area contributed by atoms with E-state index in [4.69, 9.17) is 0 Å². The van der Waals surface area contributed by atoms with Crippen molar-refractivity contribution in [3.8, 4) is 0 Å². The number of aliphatic hydroxyl groups is 1. The van der Waals surface area contributed by atoms with E-state index in [9.17, 15) is 9.90 Å². The molecule has 0 saturated carbocycles. The number of thioether (sulfide) groups is 1. The summed E-state index contributed by atoms with van der Waals surface area (Å²) >= 11 is 1.67. The summed E-state index contributed by atoms with van der Waals surface area (Å²) in [7, 11) is 0. The Labute approximate surface area is 288 Å². The monoisotopic (exact) mass is 663 g/mol. The summed E-state index contributed by atoms with van der Waals surface area (Å²) in [5.41, 5.74) is 2.95. The van der Waals surface area contributed by atoms with Crippen molar-refractivity contribution in [2.24, 2.45) is 17.8 Å². The molecular weight excluding hydrogens is 619 g/mol. The number of hydrogen-bond acceptors (Lipinski definition) is 5. The highest BCUT2D eigenvalue weighted by Gasteiger charge is 2.77. The maximum atomic E-state index is 15.1. The van der Waals surface area contributed by atoms with Gasteiger partial charge in [0.25, 0.3) is 0 Å². The van der Waals surface area contributed by atoms with Crippen LogP contribution in [0.2, 0.25) is 0 Å². The Morgan fingerprint density at radius 3 is 1.88 bits per heavy atom. The normalized spacial score (nSPS) is 26.2. The number of carbonyl (C=O) groups is 3. The average molecular weight is 664 g/mol. The molecule has 250 valence electrons. The first-order valence-electron chi connectivity index (χ1n) is 16.9. The molecule has 3 unspecified atom stereocenters. The maximum Gasteiger partial charge on any atom is 0.247 e. The van der Waals surface area contributed by atoms with Gasteiger partial charge in [-0.25, -0.2) is 0 Å². The van der Waals surface area contributed by atoms with Crippen LogP contribution in [0.15, 0.2) is 116 Å². The molecule has 7 nitrogen and oxygen atoms in total. The van der Waals surface area contributed by atoms with Crippen molar-refractivity contribution >= 4 is 29.5 Å². The number of aliphatic hydroxyl groups excluding tert-OH is 1. The van der Waals surface area contributed by atoms with Gasteiger partial charge in [0, 0.05) is 31.4 Å². The van der Waals surface area contributed by atoms with Crippen molar-refractivity contribution in [1.82, 2.24) is 14.7 Å². The minimum absolute atomic E-state index is 0.00445. The Morgan fingerprint density at radius 1 is 0.875 bits per heavy atom. The Morgan fingerprint density at radius 2 is 1.38 bits per heavy atom. The second-order valence-electron chi connectivity index (χ2n) is 13.3. The van der Waals surface area contributed by atoms with Gasteiger partial charge in [-0.3, -0.25) is 14.4 Å². The molecule has 3 aliphatic rings. The van der Waals surface area contributed by atoms with E-state index in [1.807, 2.05) is 91.0 Å². The molecule has 48 heavy (non-hydrogen) atoms. The molecular formula is C40H45N3O4S. The quantitative estimate of drug-likeness (QED) is 0.235. The second-order valence-corrected chi connectivity index (χ2v) is 14.9. The number of amides is 3. The van der Waals surface area contributed by atoms with Crippen molar-refractivity contribution < 1.29 is 19.5 Å². The topological polar surface area (TPSA) is 81.2 Å². The van der Waals surface area contributed by atoms with Crippen molar-refractivity contribution in [3.63, 3.8) is 0 Å². The second kappa shape index (κ2) is 14.5.